The van der Waals surface area contributed by atoms with E-state index in [1.807, 2.05) is 19.1 Å². The lowest BCUT2D eigenvalue weighted by Crippen LogP contribution is -2.29. The van der Waals surface area contributed by atoms with Gasteiger partial charge in [0.15, 0.2) is 0 Å². The lowest BCUT2D eigenvalue weighted by Gasteiger charge is -2.11. The third kappa shape index (κ3) is 5.11. The summed E-state index contributed by atoms with van der Waals surface area (Å²) in [6, 6.07) is 8.22. The summed E-state index contributed by atoms with van der Waals surface area (Å²) in [5.74, 6) is 0. The number of aryl methyl sites for hydroxylation is 1. The first-order valence-corrected chi connectivity index (χ1v) is 7.86. The summed E-state index contributed by atoms with van der Waals surface area (Å²) < 4.78 is 6.45. The molecule has 6 nitrogen and oxygen atoms in total. The van der Waals surface area contributed by atoms with Crippen LogP contribution in [0.1, 0.15) is 11.1 Å². The third-order valence-corrected chi connectivity index (χ3v) is 3.88. The highest BCUT2D eigenvalue weighted by Gasteiger charge is 2.05. The molecule has 0 aliphatic carbocycles. The number of ether oxygens (including phenoxy) is 1. The molecule has 2 N–H and O–H groups in total. The van der Waals surface area contributed by atoms with Crippen molar-refractivity contribution in [2.45, 2.75) is 20.0 Å². The van der Waals surface area contributed by atoms with Gasteiger partial charge in [0.25, 0.3) is 5.56 Å². The SMILES string of the molecule is COCCn1cc(NC(=O)NCc2ccc(Cl)c(C)c2)ccc1=O. The number of nitrogens with one attached hydrogen (secondary N) is 2. The molecule has 24 heavy (non-hydrogen) atoms. The highest BCUT2D eigenvalue weighted by Crippen LogP contribution is 2.16. The fraction of sp³-hybridized carbons (Fsp3) is 0.294. The van der Waals surface area contributed by atoms with Crippen molar-refractivity contribution in [3.63, 3.8) is 0 Å². The molecule has 2 rings (SSSR count). The largest absolute Gasteiger partial charge is 0.383 e. The number of hydrogen-bond acceptors (Lipinski definition) is 3. The van der Waals surface area contributed by atoms with E-state index in [2.05, 4.69) is 10.6 Å². The van der Waals surface area contributed by atoms with Gasteiger partial charge in [0.05, 0.1) is 12.3 Å². The summed E-state index contributed by atoms with van der Waals surface area (Å²) in [5, 5.41) is 6.17. The molecule has 2 aromatic rings. The molecule has 0 aliphatic heterocycles. The van der Waals surface area contributed by atoms with Crippen molar-refractivity contribution in [2.75, 3.05) is 19.0 Å². The van der Waals surface area contributed by atoms with Crippen LogP contribution < -0.4 is 16.2 Å². The maximum atomic E-state index is 12.0. The topological polar surface area (TPSA) is 72.4 Å². The second-order valence-corrected chi connectivity index (χ2v) is 5.74. The number of aromatic nitrogens is 1. The molecule has 0 fully saturated rings. The lowest BCUT2D eigenvalue weighted by molar-refractivity contribution is 0.186. The number of pyridine rings is 1. The first-order chi connectivity index (χ1) is 11.5. The van der Waals surface area contributed by atoms with Gasteiger partial charge < -0.3 is 19.9 Å². The molecular formula is C17H20ClN3O3. The van der Waals surface area contributed by atoms with Crippen molar-refractivity contribution >= 4 is 23.3 Å². The number of halogens is 1. The Bertz CT molecular complexity index is 774. The van der Waals surface area contributed by atoms with Gasteiger partial charge in [-0.2, -0.15) is 0 Å². The molecule has 0 unspecified atom stereocenters. The zero-order chi connectivity index (χ0) is 17.5. The molecule has 0 radical (unpaired) electrons. The number of carbonyl (C=O) groups is 1. The van der Waals surface area contributed by atoms with Gasteiger partial charge in [-0.25, -0.2) is 4.79 Å². The summed E-state index contributed by atoms with van der Waals surface area (Å²) in [4.78, 5) is 23.7. The van der Waals surface area contributed by atoms with E-state index in [0.717, 1.165) is 11.1 Å². The van der Waals surface area contributed by atoms with Crippen molar-refractivity contribution in [1.29, 1.82) is 0 Å². The number of nitrogens with zero attached hydrogens (tertiary/aromatic N) is 1. The first-order valence-electron chi connectivity index (χ1n) is 7.49. The van der Waals surface area contributed by atoms with Crippen molar-refractivity contribution < 1.29 is 9.53 Å². The van der Waals surface area contributed by atoms with Crippen molar-refractivity contribution in [3.8, 4) is 0 Å². The Labute approximate surface area is 145 Å². The van der Waals surface area contributed by atoms with Crippen LogP contribution in [0.3, 0.4) is 0 Å². The molecule has 0 bridgehead atoms. The third-order valence-electron chi connectivity index (χ3n) is 3.45. The maximum absolute atomic E-state index is 12.0. The van der Waals surface area contributed by atoms with Gasteiger partial charge in [0.1, 0.15) is 0 Å². The lowest BCUT2D eigenvalue weighted by atomic mass is 10.1. The quantitative estimate of drug-likeness (QED) is 0.842. The van der Waals surface area contributed by atoms with Gasteiger partial charge in [0.2, 0.25) is 0 Å². The fourth-order valence-corrected chi connectivity index (χ4v) is 2.26. The average Bonchev–Trinajstić information content (AvgIpc) is 2.56. The summed E-state index contributed by atoms with van der Waals surface area (Å²) in [6.45, 7) is 3.14. The fourth-order valence-electron chi connectivity index (χ4n) is 2.14. The molecule has 1 aromatic carbocycles. The Hall–Kier alpha value is -2.31. The van der Waals surface area contributed by atoms with Gasteiger partial charge in [-0.3, -0.25) is 4.79 Å². The van der Waals surface area contributed by atoms with Crippen LogP contribution in [0.25, 0.3) is 0 Å². The van der Waals surface area contributed by atoms with E-state index < -0.39 is 0 Å². The Morgan fingerprint density at radius 1 is 1.29 bits per heavy atom. The molecular weight excluding hydrogens is 330 g/mol. The molecule has 0 saturated carbocycles. The molecule has 0 atom stereocenters. The number of anilines is 1. The zero-order valence-corrected chi connectivity index (χ0v) is 14.4. The number of rotatable bonds is 6. The number of benzene rings is 1. The second kappa shape index (κ2) is 8.52. The maximum Gasteiger partial charge on any atom is 0.319 e. The smallest absolute Gasteiger partial charge is 0.319 e. The highest BCUT2D eigenvalue weighted by molar-refractivity contribution is 6.31. The predicted molar refractivity (Wildman–Crippen MR) is 94.6 cm³/mol. The summed E-state index contributed by atoms with van der Waals surface area (Å²) in [5.41, 5.74) is 2.31. The van der Waals surface area contributed by atoms with Gasteiger partial charge in [-0.05, 0) is 30.2 Å². The van der Waals surface area contributed by atoms with Crippen LogP contribution in [0.4, 0.5) is 10.5 Å². The van der Waals surface area contributed by atoms with E-state index in [-0.39, 0.29) is 11.6 Å². The van der Waals surface area contributed by atoms with Crippen molar-refractivity contribution in [2.24, 2.45) is 0 Å². The molecule has 0 spiro atoms. The Morgan fingerprint density at radius 2 is 2.08 bits per heavy atom. The van der Waals surface area contributed by atoms with Crippen LogP contribution >= 0.6 is 11.6 Å². The molecule has 128 valence electrons. The standard InChI is InChI=1S/C17H20ClN3O3/c1-12-9-13(3-5-15(12)18)10-19-17(23)20-14-4-6-16(22)21(11-14)7-8-24-2/h3-6,9,11H,7-8,10H2,1-2H3,(H2,19,20,23). The first kappa shape index (κ1) is 18.0. The van der Waals surface area contributed by atoms with Crippen LogP contribution in [-0.2, 0) is 17.8 Å². The van der Waals surface area contributed by atoms with Crippen molar-refractivity contribution in [3.05, 3.63) is 63.0 Å². The van der Waals surface area contributed by atoms with Crippen molar-refractivity contribution in [1.82, 2.24) is 9.88 Å². The molecule has 0 saturated heterocycles. The molecule has 7 heteroatoms. The van der Waals surface area contributed by atoms with E-state index in [1.54, 1.807) is 25.4 Å². The second-order valence-electron chi connectivity index (χ2n) is 5.33. The summed E-state index contributed by atoms with van der Waals surface area (Å²) in [7, 11) is 1.57. The van der Waals surface area contributed by atoms with Crippen LogP contribution in [0, 0.1) is 6.92 Å². The molecule has 0 aliphatic rings. The Kier molecular flexibility index (Phi) is 6.40. The average molecular weight is 350 g/mol. The monoisotopic (exact) mass is 349 g/mol. The number of hydrogen-bond donors (Lipinski definition) is 2. The molecule has 2 amide bonds. The minimum absolute atomic E-state index is 0.144. The normalized spacial score (nSPS) is 10.5. The van der Waals surface area contributed by atoms with E-state index in [4.69, 9.17) is 16.3 Å². The number of urea groups is 1. The van der Waals surface area contributed by atoms with E-state index in [1.165, 1.54) is 10.6 Å². The summed E-state index contributed by atoms with van der Waals surface area (Å²) >= 11 is 5.98. The Morgan fingerprint density at radius 3 is 2.79 bits per heavy atom. The van der Waals surface area contributed by atoms with Crippen LogP contribution in [0.5, 0.6) is 0 Å². The van der Waals surface area contributed by atoms with Gasteiger partial charge in [-0.15, -0.1) is 0 Å². The van der Waals surface area contributed by atoms with Gasteiger partial charge in [-0.1, -0.05) is 23.7 Å². The minimum Gasteiger partial charge on any atom is -0.383 e. The van der Waals surface area contributed by atoms with E-state index in [9.17, 15) is 9.59 Å². The number of carbonyl (C=O) groups excluding carboxylic acids is 1. The highest BCUT2D eigenvalue weighted by atomic mass is 35.5. The number of methoxy groups -OCH3 is 1. The van der Waals surface area contributed by atoms with E-state index >= 15 is 0 Å². The molecule has 1 heterocycles. The van der Waals surface area contributed by atoms with Crippen LogP contribution in [0.2, 0.25) is 5.02 Å². The van der Waals surface area contributed by atoms with Crippen LogP contribution in [-0.4, -0.2) is 24.3 Å². The molecule has 1 aromatic heterocycles. The van der Waals surface area contributed by atoms with E-state index in [0.29, 0.717) is 30.4 Å². The van der Waals surface area contributed by atoms with Crippen LogP contribution in [0.15, 0.2) is 41.3 Å². The summed E-state index contributed by atoms with van der Waals surface area (Å²) in [6.07, 6.45) is 1.59. The number of amides is 2. The van der Waals surface area contributed by atoms with Gasteiger partial charge >= 0.3 is 6.03 Å². The minimum atomic E-state index is -0.348. The zero-order valence-electron chi connectivity index (χ0n) is 13.6. The van der Waals surface area contributed by atoms with Gasteiger partial charge in [0, 0.05) is 37.5 Å². The predicted octanol–water partition coefficient (Wildman–Crippen LogP) is 2.78. The Balaban J connectivity index is 1.94.